The van der Waals surface area contributed by atoms with Crippen LogP contribution in [0.4, 0.5) is 11.6 Å². The van der Waals surface area contributed by atoms with E-state index >= 15 is 0 Å². The van der Waals surface area contributed by atoms with Crippen LogP contribution in [0.1, 0.15) is 24.8 Å². The van der Waals surface area contributed by atoms with E-state index in [1.54, 1.807) is 0 Å². The highest BCUT2D eigenvalue weighted by Crippen LogP contribution is 2.35. The van der Waals surface area contributed by atoms with Gasteiger partial charge in [0, 0.05) is 13.1 Å². The number of morpholine rings is 1. The van der Waals surface area contributed by atoms with E-state index in [4.69, 9.17) is 9.72 Å². The van der Waals surface area contributed by atoms with Crippen LogP contribution in [0.3, 0.4) is 0 Å². The molecule has 0 aromatic carbocycles. The van der Waals surface area contributed by atoms with Crippen LogP contribution in [0.15, 0.2) is 12.1 Å². The minimum atomic E-state index is -0.150. The van der Waals surface area contributed by atoms with E-state index in [0.29, 0.717) is 0 Å². The molecule has 2 N–H and O–H groups in total. The van der Waals surface area contributed by atoms with Crippen LogP contribution >= 0.6 is 0 Å². The molecule has 0 bridgehead atoms. The molecule has 20 heavy (non-hydrogen) atoms. The third-order valence-corrected chi connectivity index (χ3v) is 4.30. The fourth-order valence-corrected chi connectivity index (χ4v) is 2.87. The van der Waals surface area contributed by atoms with Gasteiger partial charge in [-0.05, 0) is 43.9 Å². The van der Waals surface area contributed by atoms with Gasteiger partial charge in [-0.1, -0.05) is 0 Å². The van der Waals surface area contributed by atoms with E-state index in [-0.39, 0.29) is 12.1 Å². The highest BCUT2D eigenvalue weighted by atomic mass is 16.5. The summed E-state index contributed by atoms with van der Waals surface area (Å²) in [4.78, 5) is 6.98. The summed E-state index contributed by atoms with van der Waals surface area (Å²) in [5, 5.41) is 13.0. The molecule has 0 amide bonds. The number of nitrogens with zero attached hydrogens (tertiary/aromatic N) is 2. The van der Waals surface area contributed by atoms with Crippen molar-refractivity contribution in [3.8, 4) is 0 Å². The topological polar surface area (TPSA) is 57.6 Å². The van der Waals surface area contributed by atoms with Crippen molar-refractivity contribution < 1.29 is 9.84 Å². The van der Waals surface area contributed by atoms with Gasteiger partial charge in [0.15, 0.2) is 0 Å². The lowest BCUT2D eigenvalue weighted by Gasteiger charge is -2.41. The number of ether oxygens (including phenoxy) is 1. The molecule has 2 aliphatic rings. The van der Waals surface area contributed by atoms with E-state index in [0.717, 1.165) is 50.8 Å². The Morgan fingerprint density at radius 1 is 1.35 bits per heavy atom. The third kappa shape index (κ3) is 2.74. The molecule has 1 aromatic heterocycles. The summed E-state index contributed by atoms with van der Waals surface area (Å²) in [7, 11) is 0. The standard InChI is InChI=1S/C15H23N3O2/c1-12-9-13(17-15(11-19)3-2-4-15)16-14(10-12)18-5-7-20-8-6-18/h9-10,19H,2-8,11H2,1H3,(H,16,17). The summed E-state index contributed by atoms with van der Waals surface area (Å²) in [5.41, 5.74) is 1.04. The second kappa shape index (κ2) is 5.58. The van der Waals surface area contributed by atoms with Crippen LogP contribution < -0.4 is 10.2 Å². The Morgan fingerprint density at radius 2 is 2.10 bits per heavy atom. The lowest BCUT2D eigenvalue weighted by molar-refractivity contribution is 0.122. The molecule has 0 unspecified atom stereocenters. The number of anilines is 2. The Labute approximate surface area is 120 Å². The number of hydrogen-bond acceptors (Lipinski definition) is 5. The first-order valence-corrected chi connectivity index (χ1v) is 7.41. The maximum absolute atomic E-state index is 9.57. The average Bonchev–Trinajstić information content (AvgIpc) is 2.43. The van der Waals surface area contributed by atoms with Crippen LogP contribution in [-0.2, 0) is 4.74 Å². The highest BCUT2D eigenvalue weighted by Gasteiger charge is 2.36. The van der Waals surface area contributed by atoms with Crippen molar-refractivity contribution in [1.82, 2.24) is 4.98 Å². The zero-order chi connectivity index (χ0) is 14.0. The molecule has 110 valence electrons. The van der Waals surface area contributed by atoms with Crippen LogP contribution in [0.25, 0.3) is 0 Å². The van der Waals surface area contributed by atoms with Gasteiger partial charge in [-0.25, -0.2) is 4.98 Å². The maximum Gasteiger partial charge on any atom is 0.131 e. The lowest BCUT2D eigenvalue weighted by Crippen LogP contribution is -2.48. The molecule has 5 heteroatoms. The molecule has 1 aliphatic carbocycles. The second-order valence-electron chi connectivity index (χ2n) is 5.90. The molecule has 3 rings (SSSR count). The lowest BCUT2D eigenvalue weighted by atomic mass is 9.77. The summed E-state index contributed by atoms with van der Waals surface area (Å²) < 4.78 is 5.39. The van der Waals surface area contributed by atoms with E-state index in [1.165, 1.54) is 12.0 Å². The number of aryl methyl sites for hydroxylation is 1. The van der Waals surface area contributed by atoms with E-state index in [9.17, 15) is 5.11 Å². The van der Waals surface area contributed by atoms with Gasteiger partial charge in [0.05, 0.1) is 25.4 Å². The van der Waals surface area contributed by atoms with Crippen LogP contribution in [0.5, 0.6) is 0 Å². The number of nitrogens with one attached hydrogen (secondary N) is 1. The fraction of sp³-hybridized carbons (Fsp3) is 0.667. The van der Waals surface area contributed by atoms with Crippen LogP contribution in [-0.4, -0.2) is 48.5 Å². The minimum Gasteiger partial charge on any atom is -0.394 e. The number of pyridine rings is 1. The Morgan fingerprint density at radius 3 is 2.70 bits per heavy atom. The van der Waals surface area contributed by atoms with Gasteiger partial charge in [0.25, 0.3) is 0 Å². The van der Waals surface area contributed by atoms with E-state index < -0.39 is 0 Å². The van der Waals surface area contributed by atoms with Crippen molar-refractivity contribution in [1.29, 1.82) is 0 Å². The zero-order valence-corrected chi connectivity index (χ0v) is 12.1. The zero-order valence-electron chi connectivity index (χ0n) is 12.1. The molecule has 1 aromatic rings. The summed E-state index contributed by atoms with van der Waals surface area (Å²) in [6, 6.07) is 4.17. The molecule has 2 fully saturated rings. The van der Waals surface area contributed by atoms with E-state index in [2.05, 4.69) is 29.3 Å². The molecular weight excluding hydrogens is 254 g/mol. The van der Waals surface area contributed by atoms with Gasteiger partial charge >= 0.3 is 0 Å². The number of aliphatic hydroxyl groups is 1. The first kappa shape index (κ1) is 13.6. The second-order valence-corrected chi connectivity index (χ2v) is 5.90. The molecule has 1 saturated carbocycles. The molecule has 0 spiro atoms. The minimum absolute atomic E-state index is 0.150. The van der Waals surface area contributed by atoms with Crippen molar-refractivity contribution in [3.05, 3.63) is 17.7 Å². The van der Waals surface area contributed by atoms with Crippen LogP contribution in [0.2, 0.25) is 0 Å². The van der Waals surface area contributed by atoms with E-state index in [1.807, 2.05) is 0 Å². The largest absolute Gasteiger partial charge is 0.394 e. The summed E-state index contributed by atoms with van der Waals surface area (Å²) in [6.07, 6.45) is 3.22. The molecule has 1 saturated heterocycles. The molecule has 2 heterocycles. The van der Waals surface area contributed by atoms with Gasteiger partial charge in [0.1, 0.15) is 11.6 Å². The summed E-state index contributed by atoms with van der Waals surface area (Å²) in [6.45, 7) is 5.57. The predicted molar refractivity (Wildman–Crippen MR) is 79.3 cm³/mol. The maximum atomic E-state index is 9.57. The summed E-state index contributed by atoms with van der Waals surface area (Å²) in [5.74, 6) is 1.88. The normalized spacial score (nSPS) is 21.4. The molecule has 5 nitrogen and oxygen atoms in total. The first-order valence-electron chi connectivity index (χ1n) is 7.41. The predicted octanol–water partition coefficient (Wildman–Crippen LogP) is 1.55. The van der Waals surface area contributed by atoms with Crippen molar-refractivity contribution in [3.63, 3.8) is 0 Å². The van der Waals surface area contributed by atoms with Gasteiger partial charge < -0.3 is 20.1 Å². The number of aliphatic hydroxyl groups excluding tert-OH is 1. The van der Waals surface area contributed by atoms with Crippen molar-refractivity contribution >= 4 is 11.6 Å². The van der Waals surface area contributed by atoms with Crippen molar-refractivity contribution in [2.75, 3.05) is 43.1 Å². The molecule has 0 radical (unpaired) electrons. The third-order valence-electron chi connectivity index (χ3n) is 4.30. The van der Waals surface area contributed by atoms with Gasteiger partial charge in [-0.2, -0.15) is 0 Å². The Kier molecular flexibility index (Phi) is 3.81. The number of aromatic nitrogens is 1. The highest BCUT2D eigenvalue weighted by molar-refractivity contribution is 5.52. The average molecular weight is 277 g/mol. The van der Waals surface area contributed by atoms with Gasteiger partial charge in [-0.3, -0.25) is 0 Å². The van der Waals surface area contributed by atoms with Crippen LogP contribution in [0, 0.1) is 6.92 Å². The Balaban J connectivity index is 1.79. The smallest absolute Gasteiger partial charge is 0.131 e. The fourth-order valence-electron chi connectivity index (χ4n) is 2.87. The van der Waals surface area contributed by atoms with Crippen molar-refractivity contribution in [2.24, 2.45) is 0 Å². The Bertz CT molecular complexity index is 463. The Hall–Kier alpha value is -1.33. The van der Waals surface area contributed by atoms with Gasteiger partial charge in [-0.15, -0.1) is 0 Å². The number of rotatable bonds is 4. The van der Waals surface area contributed by atoms with Crippen molar-refractivity contribution in [2.45, 2.75) is 31.7 Å². The van der Waals surface area contributed by atoms with Gasteiger partial charge in [0.2, 0.25) is 0 Å². The summed E-state index contributed by atoms with van der Waals surface area (Å²) >= 11 is 0. The number of hydrogen-bond donors (Lipinski definition) is 2. The molecule has 1 aliphatic heterocycles. The molecule has 0 atom stereocenters. The SMILES string of the molecule is Cc1cc(NC2(CO)CCC2)nc(N2CCOCC2)c1. The quantitative estimate of drug-likeness (QED) is 0.874. The first-order chi connectivity index (χ1) is 9.71. The monoisotopic (exact) mass is 277 g/mol. The molecular formula is C15H23N3O2.